The van der Waals surface area contributed by atoms with Crippen molar-refractivity contribution < 1.29 is 0 Å². The van der Waals surface area contributed by atoms with E-state index in [9.17, 15) is 0 Å². The van der Waals surface area contributed by atoms with E-state index in [4.69, 9.17) is 28.2 Å². The number of fused-ring (bicyclic) bond motifs is 2. The van der Waals surface area contributed by atoms with Crippen LogP contribution < -0.4 is 0 Å². The van der Waals surface area contributed by atoms with Gasteiger partial charge in [-0.1, -0.05) is 47.5 Å². The Morgan fingerprint density at radius 1 is 1.00 bits per heavy atom. The standard InChI is InChI=1S/C21H19Cl2N3/c22-15-6-2-1-5-14(15)21-24-17-10-11-26(12-18(17)25-21)19-9-8-13-4-3-7-16(23)20(13)19/h1-7,19H,8-12H2,(H,24,25). The molecule has 0 spiro atoms. The summed E-state index contributed by atoms with van der Waals surface area (Å²) < 4.78 is 0. The first-order chi connectivity index (χ1) is 12.7. The van der Waals surface area contributed by atoms with E-state index in [1.807, 2.05) is 30.3 Å². The van der Waals surface area contributed by atoms with Gasteiger partial charge in [-0.25, -0.2) is 4.98 Å². The van der Waals surface area contributed by atoms with Crippen LogP contribution in [0.5, 0.6) is 0 Å². The van der Waals surface area contributed by atoms with Gasteiger partial charge in [0.1, 0.15) is 5.82 Å². The lowest BCUT2D eigenvalue weighted by Gasteiger charge is -2.32. The van der Waals surface area contributed by atoms with Crippen molar-refractivity contribution in [3.8, 4) is 11.4 Å². The highest BCUT2D eigenvalue weighted by Crippen LogP contribution is 2.41. The monoisotopic (exact) mass is 383 g/mol. The number of aromatic nitrogens is 2. The van der Waals surface area contributed by atoms with Crippen molar-refractivity contribution in [3.63, 3.8) is 0 Å². The maximum atomic E-state index is 6.52. The Morgan fingerprint density at radius 2 is 1.85 bits per heavy atom. The molecule has 1 unspecified atom stereocenters. The third-order valence-electron chi connectivity index (χ3n) is 5.59. The maximum Gasteiger partial charge on any atom is 0.139 e. The Morgan fingerprint density at radius 3 is 2.73 bits per heavy atom. The van der Waals surface area contributed by atoms with Crippen LogP contribution in [0.1, 0.15) is 35.0 Å². The average Bonchev–Trinajstić information content (AvgIpc) is 3.26. The molecule has 5 rings (SSSR count). The Kier molecular flexibility index (Phi) is 4.04. The highest BCUT2D eigenvalue weighted by atomic mass is 35.5. The number of nitrogens with zero attached hydrogens (tertiary/aromatic N) is 2. The van der Waals surface area contributed by atoms with Crippen LogP contribution >= 0.6 is 23.2 Å². The highest BCUT2D eigenvalue weighted by molar-refractivity contribution is 6.33. The first-order valence-corrected chi connectivity index (χ1v) is 9.80. The van der Waals surface area contributed by atoms with Gasteiger partial charge in [0.2, 0.25) is 0 Å². The van der Waals surface area contributed by atoms with Gasteiger partial charge in [-0.2, -0.15) is 0 Å². The lowest BCUT2D eigenvalue weighted by Crippen LogP contribution is -2.33. The third kappa shape index (κ3) is 2.66. The molecule has 1 aliphatic heterocycles. The summed E-state index contributed by atoms with van der Waals surface area (Å²) >= 11 is 12.9. The minimum absolute atomic E-state index is 0.402. The lowest BCUT2D eigenvalue weighted by atomic mass is 10.0. The summed E-state index contributed by atoms with van der Waals surface area (Å²) in [5.41, 5.74) is 6.04. The predicted molar refractivity (Wildman–Crippen MR) is 106 cm³/mol. The smallest absolute Gasteiger partial charge is 0.139 e. The summed E-state index contributed by atoms with van der Waals surface area (Å²) in [7, 11) is 0. The molecule has 2 heterocycles. The summed E-state index contributed by atoms with van der Waals surface area (Å²) in [4.78, 5) is 10.9. The number of halogens is 2. The molecule has 1 N–H and O–H groups in total. The van der Waals surface area contributed by atoms with Gasteiger partial charge in [0.15, 0.2) is 0 Å². The molecule has 132 valence electrons. The van der Waals surface area contributed by atoms with Gasteiger partial charge in [0.25, 0.3) is 0 Å². The zero-order chi connectivity index (χ0) is 17.7. The Labute approximate surface area is 163 Å². The van der Waals surface area contributed by atoms with Gasteiger partial charge >= 0.3 is 0 Å². The van der Waals surface area contributed by atoms with E-state index in [1.54, 1.807) is 0 Å². The van der Waals surface area contributed by atoms with E-state index < -0.39 is 0 Å². The Bertz CT molecular complexity index is 979. The molecule has 0 radical (unpaired) electrons. The molecule has 1 aromatic heterocycles. The molecule has 5 heteroatoms. The molecule has 0 fully saturated rings. The number of imidazole rings is 1. The summed E-state index contributed by atoms with van der Waals surface area (Å²) in [5.74, 6) is 0.868. The zero-order valence-corrected chi connectivity index (χ0v) is 15.8. The van der Waals surface area contributed by atoms with Crippen LogP contribution in [-0.2, 0) is 19.4 Å². The minimum Gasteiger partial charge on any atom is -0.340 e. The molecule has 3 aromatic rings. The summed E-state index contributed by atoms with van der Waals surface area (Å²) in [5, 5.41) is 1.63. The molecule has 0 saturated carbocycles. The number of H-pyrrole nitrogens is 1. The van der Waals surface area contributed by atoms with Crippen molar-refractivity contribution in [2.24, 2.45) is 0 Å². The molecule has 3 nitrogen and oxygen atoms in total. The summed E-state index contributed by atoms with van der Waals surface area (Å²) in [6, 6.07) is 14.5. The molecular formula is C21H19Cl2N3. The molecule has 0 amide bonds. The number of hydrogen-bond donors (Lipinski definition) is 1. The van der Waals surface area contributed by atoms with Crippen LogP contribution in [0.25, 0.3) is 11.4 Å². The fourth-order valence-electron chi connectivity index (χ4n) is 4.34. The normalized spacial score (nSPS) is 19.4. The van der Waals surface area contributed by atoms with Crippen molar-refractivity contribution in [2.75, 3.05) is 6.54 Å². The lowest BCUT2D eigenvalue weighted by molar-refractivity contribution is 0.176. The van der Waals surface area contributed by atoms with E-state index in [-0.39, 0.29) is 0 Å². The molecule has 26 heavy (non-hydrogen) atoms. The van der Waals surface area contributed by atoms with Crippen molar-refractivity contribution in [1.29, 1.82) is 0 Å². The average molecular weight is 384 g/mol. The van der Waals surface area contributed by atoms with Crippen LogP contribution in [0, 0.1) is 0 Å². The van der Waals surface area contributed by atoms with Crippen molar-refractivity contribution in [3.05, 3.63) is 75.0 Å². The van der Waals surface area contributed by atoms with Crippen molar-refractivity contribution in [1.82, 2.24) is 14.9 Å². The molecule has 2 aromatic carbocycles. The maximum absolute atomic E-state index is 6.52. The first kappa shape index (κ1) is 16.4. The summed E-state index contributed by atoms with van der Waals surface area (Å²) in [6.07, 6.45) is 3.20. The quantitative estimate of drug-likeness (QED) is 0.639. The third-order valence-corrected chi connectivity index (χ3v) is 6.25. The Hall–Kier alpha value is -1.81. The van der Waals surface area contributed by atoms with Crippen LogP contribution in [0.15, 0.2) is 42.5 Å². The van der Waals surface area contributed by atoms with Gasteiger partial charge in [-0.15, -0.1) is 0 Å². The first-order valence-electron chi connectivity index (χ1n) is 9.04. The number of rotatable bonds is 2. The van der Waals surface area contributed by atoms with E-state index >= 15 is 0 Å². The van der Waals surface area contributed by atoms with Gasteiger partial charge in [0.05, 0.1) is 16.4 Å². The minimum atomic E-state index is 0.402. The SMILES string of the molecule is Clc1ccccc1-c1nc2c([nH]1)CN(C1CCc3cccc(Cl)c31)CC2. The van der Waals surface area contributed by atoms with E-state index in [1.165, 1.54) is 16.8 Å². The number of benzene rings is 2. The second-order valence-corrected chi connectivity index (χ2v) is 7.89. The fraction of sp³-hybridized carbons (Fsp3) is 0.286. The number of hydrogen-bond acceptors (Lipinski definition) is 2. The second-order valence-electron chi connectivity index (χ2n) is 7.08. The van der Waals surface area contributed by atoms with Crippen LogP contribution in [-0.4, -0.2) is 21.4 Å². The zero-order valence-electron chi connectivity index (χ0n) is 14.3. The summed E-state index contributed by atoms with van der Waals surface area (Å²) in [6.45, 7) is 1.89. The largest absolute Gasteiger partial charge is 0.340 e. The van der Waals surface area contributed by atoms with Crippen LogP contribution in [0.2, 0.25) is 10.0 Å². The van der Waals surface area contributed by atoms with Crippen molar-refractivity contribution >= 4 is 23.2 Å². The van der Waals surface area contributed by atoms with Crippen molar-refractivity contribution in [2.45, 2.75) is 31.8 Å². The Balaban J connectivity index is 1.45. The molecular weight excluding hydrogens is 365 g/mol. The van der Waals surface area contributed by atoms with Gasteiger partial charge in [-0.3, -0.25) is 4.90 Å². The van der Waals surface area contributed by atoms with Gasteiger partial charge in [-0.05, 0) is 42.2 Å². The van der Waals surface area contributed by atoms with Gasteiger partial charge < -0.3 is 4.98 Å². The van der Waals surface area contributed by atoms with E-state index in [0.717, 1.165) is 59.5 Å². The number of aromatic amines is 1. The van der Waals surface area contributed by atoms with Crippen LogP contribution in [0.4, 0.5) is 0 Å². The highest BCUT2D eigenvalue weighted by Gasteiger charge is 2.32. The fourth-order valence-corrected chi connectivity index (χ4v) is 4.88. The topological polar surface area (TPSA) is 31.9 Å². The predicted octanol–water partition coefficient (Wildman–Crippen LogP) is 5.43. The van der Waals surface area contributed by atoms with E-state index in [2.05, 4.69) is 22.0 Å². The molecule has 1 atom stereocenters. The molecule has 2 aliphatic rings. The van der Waals surface area contributed by atoms with Gasteiger partial charge in [0, 0.05) is 36.1 Å². The van der Waals surface area contributed by atoms with Crippen LogP contribution in [0.3, 0.4) is 0 Å². The molecule has 0 bridgehead atoms. The second kappa shape index (κ2) is 6.41. The molecule has 1 aliphatic carbocycles. The molecule has 0 saturated heterocycles. The number of nitrogens with one attached hydrogen (secondary N) is 1. The number of aryl methyl sites for hydroxylation is 1. The van der Waals surface area contributed by atoms with E-state index in [0.29, 0.717) is 6.04 Å².